The van der Waals surface area contributed by atoms with Crippen molar-refractivity contribution in [3.05, 3.63) is 74.2 Å². The Morgan fingerprint density at radius 1 is 1.10 bits per heavy atom. The number of halogens is 2. The Morgan fingerprint density at radius 2 is 2.03 bits per heavy atom. The molecule has 6 heteroatoms. The Morgan fingerprint density at radius 3 is 2.97 bits per heavy atom. The molecule has 31 heavy (non-hydrogen) atoms. The number of benzene rings is 1. The zero-order valence-corrected chi connectivity index (χ0v) is 18.8. The highest BCUT2D eigenvalue weighted by Crippen LogP contribution is 2.37. The number of hydrogen-bond donors (Lipinski definition) is 1. The quantitative estimate of drug-likeness (QED) is 0.648. The Kier molecular flexibility index (Phi) is 6.04. The summed E-state index contributed by atoms with van der Waals surface area (Å²) in [5.74, 6) is 0.961. The fourth-order valence-electron chi connectivity index (χ4n) is 4.60. The number of ether oxygens (including phenoxy) is 1. The standard InChI is InChI=1S/C25H25Cl2N3O/c26-20-8-10-23-24(25(20)27)19-11-14-28-12-2-4-22(19)30(23)15-16-31-18-6-5-17-3-1-13-29-21(17)9-7-18/h1,3,5-6,8-10,13,28H,2,4,7,11-12,14-16H2. The monoisotopic (exact) mass is 453 g/mol. The van der Waals surface area contributed by atoms with E-state index >= 15 is 0 Å². The molecule has 160 valence electrons. The van der Waals surface area contributed by atoms with Crippen LogP contribution >= 0.6 is 23.2 Å². The number of allylic oxidation sites excluding steroid dienone is 2. The minimum atomic E-state index is 0.603. The van der Waals surface area contributed by atoms with Gasteiger partial charge in [-0.2, -0.15) is 0 Å². The van der Waals surface area contributed by atoms with Crippen molar-refractivity contribution in [2.45, 2.75) is 32.2 Å². The lowest BCUT2D eigenvalue weighted by Gasteiger charge is -2.16. The molecule has 2 aromatic heterocycles. The van der Waals surface area contributed by atoms with Crippen LogP contribution in [0.3, 0.4) is 0 Å². The minimum absolute atomic E-state index is 0.603. The molecule has 0 saturated carbocycles. The summed E-state index contributed by atoms with van der Waals surface area (Å²) >= 11 is 13.0. The molecule has 1 aliphatic heterocycles. The molecule has 3 heterocycles. The van der Waals surface area contributed by atoms with Crippen LogP contribution in [-0.4, -0.2) is 29.2 Å². The minimum Gasteiger partial charge on any atom is -0.496 e. The molecule has 0 bridgehead atoms. The van der Waals surface area contributed by atoms with Crippen molar-refractivity contribution in [3.8, 4) is 0 Å². The summed E-state index contributed by atoms with van der Waals surface area (Å²) < 4.78 is 8.58. The molecular weight excluding hydrogens is 429 g/mol. The summed E-state index contributed by atoms with van der Waals surface area (Å²) in [6.45, 7) is 3.38. The average molecular weight is 454 g/mol. The molecule has 0 fully saturated rings. The van der Waals surface area contributed by atoms with E-state index in [1.54, 1.807) is 0 Å². The van der Waals surface area contributed by atoms with Crippen LogP contribution in [0.15, 0.2) is 42.3 Å². The van der Waals surface area contributed by atoms with E-state index in [2.05, 4.69) is 45.2 Å². The number of pyridine rings is 1. The van der Waals surface area contributed by atoms with Gasteiger partial charge in [-0.1, -0.05) is 35.3 Å². The average Bonchev–Trinajstić information content (AvgIpc) is 2.91. The van der Waals surface area contributed by atoms with Crippen molar-refractivity contribution in [3.63, 3.8) is 0 Å². The molecule has 1 aliphatic carbocycles. The summed E-state index contributed by atoms with van der Waals surface area (Å²) in [6.07, 6.45) is 11.9. The Bertz CT molecular complexity index is 1280. The fraction of sp³-hybridized carbons (Fsp3) is 0.320. The maximum Gasteiger partial charge on any atom is 0.106 e. The van der Waals surface area contributed by atoms with Crippen molar-refractivity contribution >= 4 is 46.3 Å². The van der Waals surface area contributed by atoms with Gasteiger partial charge in [0, 0.05) is 23.7 Å². The Hall–Kier alpha value is -2.27. The maximum absolute atomic E-state index is 6.67. The van der Waals surface area contributed by atoms with Crippen LogP contribution in [-0.2, 0) is 24.1 Å². The number of fused-ring (bicyclic) bond motifs is 4. The third kappa shape index (κ3) is 4.12. The predicted octanol–water partition coefficient (Wildman–Crippen LogP) is 3.99. The summed E-state index contributed by atoms with van der Waals surface area (Å²) in [4.78, 5) is 4.44. The van der Waals surface area contributed by atoms with E-state index < -0.39 is 0 Å². The van der Waals surface area contributed by atoms with Gasteiger partial charge in [-0.3, -0.25) is 4.98 Å². The lowest BCUT2D eigenvalue weighted by atomic mass is 10.0. The van der Waals surface area contributed by atoms with Crippen LogP contribution in [0.2, 0.25) is 10.0 Å². The van der Waals surface area contributed by atoms with Gasteiger partial charge in [0.2, 0.25) is 0 Å². The molecule has 0 atom stereocenters. The van der Waals surface area contributed by atoms with Crippen LogP contribution in [0.4, 0.5) is 0 Å². The number of nitrogens with one attached hydrogen (secondary N) is 1. The third-order valence-electron chi connectivity index (χ3n) is 6.08. The fourth-order valence-corrected chi connectivity index (χ4v) is 5.03. The summed E-state index contributed by atoms with van der Waals surface area (Å²) in [7, 11) is 0. The second-order valence-electron chi connectivity index (χ2n) is 7.97. The van der Waals surface area contributed by atoms with Gasteiger partial charge in [0.25, 0.3) is 0 Å². The van der Waals surface area contributed by atoms with E-state index in [1.807, 2.05) is 18.3 Å². The van der Waals surface area contributed by atoms with Gasteiger partial charge in [0.05, 0.1) is 33.2 Å². The summed E-state index contributed by atoms with van der Waals surface area (Å²) in [5.41, 5.74) is 3.84. The zero-order chi connectivity index (χ0) is 21.2. The van der Waals surface area contributed by atoms with E-state index in [-0.39, 0.29) is 0 Å². The topological polar surface area (TPSA) is 39.1 Å². The van der Waals surface area contributed by atoms with Gasteiger partial charge in [0.1, 0.15) is 6.61 Å². The molecule has 0 unspecified atom stereocenters. The van der Waals surface area contributed by atoms with Gasteiger partial charge in [-0.25, -0.2) is 0 Å². The number of aromatic nitrogens is 2. The van der Waals surface area contributed by atoms with E-state index in [1.165, 1.54) is 11.3 Å². The Balaban J connectivity index is 1.42. The molecule has 4 nitrogen and oxygen atoms in total. The van der Waals surface area contributed by atoms with E-state index in [0.717, 1.165) is 72.5 Å². The Labute approximate surface area is 191 Å². The van der Waals surface area contributed by atoms with Crippen molar-refractivity contribution in [1.82, 2.24) is 14.9 Å². The maximum atomic E-state index is 6.67. The van der Waals surface area contributed by atoms with E-state index in [9.17, 15) is 0 Å². The molecular formula is C25H25Cl2N3O. The molecule has 1 N–H and O–H groups in total. The largest absolute Gasteiger partial charge is 0.496 e. The van der Waals surface area contributed by atoms with E-state index in [0.29, 0.717) is 16.7 Å². The first-order chi connectivity index (χ1) is 15.2. The molecule has 3 aromatic rings. The summed E-state index contributed by atoms with van der Waals surface area (Å²) in [6, 6.07) is 8.03. The molecule has 0 amide bonds. The van der Waals surface area contributed by atoms with Crippen LogP contribution in [0.5, 0.6) is 0 Å². The van der Waals surface area contributed by atoms with Crippen molar-refractivity contribution in [2.24, 2.45) is 0 Å². The number of nitrogens with zero attached hydrogens (tertiary/aromatic N) is 2. The van der Waals surface area contributed by atoms with Gasteiger partial charge >= 0.3 is 0 Å². The van der Waals surface area contributed by atoms with Gasteiger partial charge < -0.3 is 14.6 Å². The highest BCUT2D eigenvalue weighted by Gasteiger charge is 2.21. The highest BCUT2D eigenvalue weighted by molar-refractivity contribution is 6.45. The second kappa shape index (κ2) is 9.07. The van der Waals surface area contributed by atoms with Crippen molar-refractivity contribution in [2.75, 3.05) is 19.7 Å². The molecule has 1 aromatic carbocycles. The van der Waals surface area contributed by atoms with Gasteiger partial charge in [-0.05, 0) is 73.5 Å². The summed E-state index contributed by atoms with van der Waals surface area (Å²) in [5, 5.41) is 8.02. The van der Waals surface area contributed by atoms with Gasteiger partial charge in [-0.15, -0.1) is 0 Å². The van der Waals surface area contributed by atoms with Crippen LogP contribution < -0.4 is 15.9 Å². The first-order valence-electron chi connectivity index (χ1n) is 10.9. The molecule has 0 spiro atoms. The lowest BCUT2D eigenvalue weighted by molar-refractivity contribution is 0.198. The van der Waals surface area contributed by atoms with Crippen LogP contribution in [0, 0.1) is 0 Å². The zero-order valence-electron chi connectivity index (χ0n) is 17.3. The van der Waals surface area contributed by atoms with Crippen molar-refractivity contribution < 1.29 is 4.74 Å². The first-order valence-corrected chi connectivity index (χ1v) is 11.6. The van der Waals surface area contributed by atoms with Crippen molar-refractivity contribution in [1.29, 1.82) is 0 Å². The number of hydrogen-bond acceptors (Lipinski definition) is 3. The highest BCUT2D eigenvalue weighted by atomic mass is 35.5. The van der Waals surface area contributed by atoms with Crippen LogP contribution in [0.25, 0.3) is 23.1 Å². The predicted molar refractivity (Wildman–Crippen MR) is 128 cm³/mol. The molecule has 0 radical (unpaired) electrons. The normalized spacial score (nSPS) is 16.1. The molecule has 5 rings (SSSR count). The lowest BCUT2D eigenvalue weighted by Crippen LogP contribution is -2.26. The molecule has 0 saturated heterocycles. The second-order valence-corrected chi connectivity index (χ2v) is 8.76. The van der Waals surface area contributed by atoms with Gasteiger partial charge in [0.15, 0.2) is 0 Å². The number of rotatable bonds is 4. The van der Waals surface area contributed by atoms with Crippen LogP contribution in [0.1, 0.15) is 24.1 Å². The third-order valence-corrected chi connectivity index (χ3v) is 6.88. The SMILES string of the molecule is Clc1ccc2c(c1Cl)c1c(n2CCOC2=CC=c3cccnc3=CC2)CCCNCC1. The van der Waals surface area contributed by atoms with E-state index in [4.69, 9.17) is 27.9 Å². The first kappa shape index (κ1) is 20.6. The molecule has 2 aliphatic rings. The smallest absolute Gasteiger partial charge is 0.106 e.